The van der Waals surface area contributed by atoms with E-state index < -0.39 is 0 Å². The minimum Gasteiger partial charge on any atom is -0.353 e. The molecule has 1 aromatic heterocycles. The number of piperazine rings is 1. The molecule has 4 rings (SSSR count). The molecule has 2 fully saturated rings. The summed E-state index contributed by atoms with van der Waals surface area (Å²) in [6.45, 7) is 3.83. The van der Waals surface area contributed by atoms with Crippen LogP contribution < -0.4 is 5.32 Å². The van der Waals surface area contributed by atoms with E-state index in [4.69, 9.17) is 0 Å². The minimum absolute atomic E-state index is 0.0577. The Hall–Kier alpha value is -2.34. The van der Waals surface area contributed by atoms with Crippen LogP contribution in [0, 0.1) is 0 Å². The third-order valence-corrected chi connectivity index (χ3v) is 5.02. The van der Waals surface area contributed by atoms with Crippen molar-refractivity contribution in [3.8, 4) is 0 Å². The van der Waals surface area contributed by atoms with E-state index in [9.17, 15) is 9.59 Å². The summed E-state index contributed by atoms with van der Waals surface area (Å²) in [7, 11) is 0. The number of para-hydroxylation sites is 1. The van der Waals surface area contributed by atoms with Gasteiger partial charge in [-0.1, -0.05) is 18.2 Å². The van der Waals surface area contributed by atoms with Gasteiger partial charge in [0.05, 0.1) is 0 Å². The van der Waals surface area contributed by atoms with Crippen molar-refractivity contribution in [2.75, 3.05) is 32.7 Å². The fraction of sp³-hybridized carbons (Fsp3) is 0.474. The van der Waals surface area contributed by atoms with Crippen molar-refractivity contribution in [1.82, 2.24) is 20.1 Å². The first-order valence-corrected chi connectivity index (χ1v) is 9.08. The minimum atomic E-state index is 0.0577. The summed E-state index contributed by atoms with van der Waals surface area (Å²) in [5.74, 6) is 0.210. The fourth-order valence-corrected chi connectivity index (χ4v) is 3.32. The largest absolute Gasteiger partial charge is 0.353 e. The second-order valence-corrected chi connectivity index (χ2v) is 7.00. The normalized spacial score (nSPS) is 18.5. The number of rotatable bonds is 5. The number of H-pyrrole nitrogens is 1. The van der Waals surface area contributed by atoms with Crippen LogP contribution >= 0.6 is 0 Å². The van der Waals surface area contributed by atoms with Crippen LogP contribution in [0.15, 0.2) is 30.3 Å². The molecule has 2 heterocycles. The molecule has 0 radical (unpaired) electrons. The Morgan fingerprint density at radius 3 is 2.60 bits per heavy atom. The molecule has 0 spiro atoms. The summed E-state index contributed by atoms with van der Waals surface area (Å²) in [6.07, 6.45) is 2.80. The number of amides is 2. The average Bonchev–Trinajstić information content (AvgIpc) is 3.34. The molecule has 1 aromatic carbocycles. The van der Waals surface area contributed by atoms with Gasteiger partial charge < -0.3 is 15.2 Å². The van der Waals surface area contributed by atoms with Gasteiger partial charge in [-0.25, -0.2) is 0 Å². The lowest BCUT2D eigenvalue weighted by atomic mass is 10.2. The predicted molar refractivity (Wildman–Crippen MR) is 96.4 cm³/mol. The highest BCUT2D eigenvalue weighted by molar-refractivity contribution is 5.98. The molecule has 2 aromatic rings. The van der Waals surface area contributed by atoms with Crippen molar-refractivity contribution in [2.24, 2.45) is 0 Å². The van der Waals surface area contributed by atoms with Crippen molar-refractivity contribution in [1.29, 1.82) is 0 Å². The highest BCUT2D eigenvalue weighted by Crippen LogP contribution is 2.19. The summed E-state index contributed by atoms with van der Waals surface area (Å²) >= 11 is 0. The van der Waals surface area contributed by atoms with Gasteiger partial charge in [-0.2, -0.15) is 0 Å². The third-order valence-electron chi connectivity index (χ3n) is 5.02. The van der Waals surface area contributed by atoms with Gasteiger partial charge in [0.15, 0.2) is 0 Å². The van der Waals surface area contributed by atoms with Crippen LogP contribution in [0.3, 0.4) is 0 Å². The van der Waals surface area contributed by atoms with Gasteiger partial charge in [-0.05, 0) is 25.0 Å². The first-order chi connectivity index (χ1) is 12.2. The molecule has 2 amide bonds. The Morgan fingerprint density at radius 2 is 1.88 bits per heavy atom. The van der Waals surface area contributed by atoms with Crippen molar-refractivity contribution in [3.63, 3.8) is 0 Å². The van der Waals surface area contributed by atoms with E-state index >= 15 is 0 Å². The summed E-state index contributed by atoms with van der Waals surface area (Å²) in [5.41, 5.74) is 1.64. The average molecular weight is 340 g/mol. The number of benzene rings is 1. The van der Waals surface area contributed by atoms with E-state index in [1.807, 2.05) is 35.2 Å². The number of nitrogens with one attached hydrogen (secondary N) is 2. The molecule has 6 heteroatoms. The third kappa shape index (κ3) is 3.85. The number of aromatic nitrogens is 1. The highest BCUT2D eigenvalue weighted by atomic mass is 16.2. The summed E-state index contributed by atoms with van der Waals surface area (Å²) < 4.78 is 0. The molecule has 0 unspecified atom stereocenters. The Kier molecular flexibility index (Phi) is 4.44. The number of hydrogen-bond acceptors (Lipinski definition) is 3. The van der Waals surface area contributed by atoms with Crippen LogP contribution in [-0.2, 0) is 4.79 Å². The lowest BCUT2D eigenvalue weighted by Crippen LogP contribution is -2.49. The molecule has 1 aliphatic carbocycles. The van der Waals surface area contributed by atoms with Gasteiger partial charge >= 0.3 is 0 Å². The standard InChI is InChI=1S/C19H24N4O2/c24-18(20-15-5-6-15)7-8-22-9-11-23(12-10-22)19(25)17-13-14-3-1-2-4-16(14)21-17/h1-4,13,15,21H,5-12H2,(H,20,24). The molecule has 1 saturated heterocycles. The Labute approximate surface area is 147 Å². The molecule has 1 aliphatic heterocycles. The zero-order valence-corrected chi connectivity index (χ0v) is 14.3. The van der Waals surface area contributed by atoms with Crippen LogP contribution in [-0.4, -0.2) is 65.4 Å². The number of nitrogens with zero attached hydrogens (tertiary/aromatic N) is 2. The lowest BCUT2D eigenvalue weighted by molar-refractivity contribution is -0.121. The summed E-state index contributed by atoms with van der Waals surface area (Å²) in [5, 5.41) is 4.08. The van der Waals surface area contributed by atoms with E-state index in [-0.39, 0.29) is 11.8 Å². The Morgan fingerprint density at radius 1 is 1.12 bits per heavy atom. The van der Waals surface area contributed by atoms with Gasteiger partial charge in [0, 0.05) is 56.1 Å². The van der Waals surface area contributed by atoms with Crippen molar-refractivity contribution < 1.29 is 9.59 Å². The van der Waals surface area contributed by atoms with Crippen LogP contribution in [0.4, 0.5) is 0 Å². The van der Waals surface area contributed by atoms with E-state index in [0.29, 0.717) is 31.2 Å². The maximum Gasteiger partial charge on any atom is 0.270 e. The molecule has 132 valence electrons. The number of fused-ring (bicyclic) bond motifs is 1. The van der Waals surface area contributed by atoms with Crippen LogP contribution in [0.2, 0.25) is 0 Å². The molecule has 2 N–H and O–H groups in total. The molecular formula is C19H24N4O2. The Bertz CT molecular complexity index is 740. The van der Waals surface area contributed by atoms with Gasteiger partial charge in [0.25, 0.3) is 5.91 Å². The zero-order chi connectivity index (χ0) is 17.2. The number of aromatic amines is 1. The zero-order valence-electron chi connectivity index (χ0n) is 14.3. The van der Waals surface area contributed by atoms with Crippen LogP contribution in [0.5, 0.6) is 0 Å². The number of carbonyl (C=O) groups excluding carboxylic acids is 2. The first kappa shape index (κ1) is 16.1. The van der Waals surface area contributed by atoms with Gasteiger partial charge in [0.1, 0.15) is 5.69 Å². The molecule has 1 saturated carbocycles. The van der Waals surface area contributed by atoms with E-state index in [1.165, 1.54) is 0 Å². The lowest BCUT2D eigenvalue weighted by Gasteiger charge is -2.34. The highest BCUT2D eigenvalue weighted by Gasteiger charge is 2.25. The van der Waals surface area contributed by atoms with Crippen molar-refractivity contribution >= 4 is 22.7 Å². The summed E-state index contributed by atoms with van der Waals surface area (Å²) in [4.78, 5) is 31.8. The number of carbonyl (C=O) groups is 2. The SMILES string of the molecule is O=C(CCN1CCN(C(=O)c2cc3ccccc3[nH]2)CC1)NC1CC1. The fourth-order valence-electron chi connectivity index (χ4n) is 3.32. The maximum atomic E-state index is 12.7. The Balaban J connectivity index is 1.27. The van der Waals surface area contributed by atoms with Crippen molar-refractivity contribution in [2.45, 2.75) is 25.3 Å². The summed E-state index contributed by atoms with van der Waals surface area (Å²) in [6, 6.07) is 10.3. The first-order valence-electron chi connectivity index (χ1n) is 9.08. The van der Waals surface area contributed by atoms with Gasteiger partial charge in [-0.3, -0.25) is 14.5 Å². The molecule has 25 heavy (non-hydrogen) atoms. The van der Waals surface area contributed by atoms with Crippen LogP contribution in [0.25, 0.3) is 10.9 Å². The van der Waals surface area contributed by atoms with Gasteiger partial charge in [0.2, 0.25) is 5.91 Å². The van der Waals surface area contributed by atoms with Crippen molar-refractivity contribution in [3.05, 3.63) is 36.0 Å². The quantitative estimate of drug-likeness (QED) is 0.869. The second kappa shape index (κ2) is 6.88. The van der Waals surface area contributed by atoms with E-state index in [2.05, 4.69) is 15.2 Å². The molecule has 2 aliphatic rings. The molecule has 0 atom stereocenters. The van der Waals surface area contributed by atoms with E-state index in [1.54, 1.807) is 0 Å². The maximum absolute atomic E-state index is 12.7. The molecule has 6 nitrogen and oxygen atoms in total. The number of hydrogen-bond donors (Lipinski definition) is 2. The van der Waals surface area contributed by atoms with Crippen LogP contribution in [0.1, 0.15) is 29.8 Å². The predicted octanol–water partition coefficient (Wildman–Crippen LogP) is 1.59. The molecular weight excluding hydrogens is 316 g/mol. The monoisotopic (exact) mass is 340 g/mol. The smallest absolute Gasteiger partial charge is 0.270 e. The topological polar surface area (TPSA) is 68.4 Å². The van der Waals surface area contributed by atoms with Gasteiger partial charge in [-0.15, -0.1) is 0 Å². The second-order valence-electron chi connectivity index (χ2n) is 7.00. The van der Waals surface area contributed by atoms with E-state index in [0.717, 1.165) is 43.4 Å². The molecule has 0 bridgehead atoms.